The van der Waals surface area contributed by atoms with E-state index < -0.39 is 10.0 Å². The van der Waals surface area contributed by atoms with Crippen LogP contribution in [0.5, 0.6) is 5.75 Å². The largest absolute Gasteiger partial charge is 0.497 e. The molecule has 3 rings (SSSR count). The van der Waals surface area contributed by atoms with Gasteiger partial charge in [-0.25, -0.2) is 13.0 Å². The van der Waals surface area contributed by atoms with E-state index in [1.54, 1.807) is 31.4 Å². The molecule has 0 bridgehead atoms. The van der Waals surface area contributed by atoms with Gasteiger partial charge in [-0.2, -0.15) is 4.31 Å². The first kappa shape index (κ1) is 16.9. The number of ether oxygens (including phenoxy) is 1. The van der Waals surface area contributed by atoms with E-state index >= 15 is 0 Å². The molecule has 9 heteroatoms. The van der Waals surface area contributed by atoms with E-state index in [1.165, 1.54) is 4.31 Å². The fraction of sp³-hybridized carbons (Fsp3) is 0.467. The van der Waals surface area contributed by atoms with E-state index in [4.69, 9.17) is 9.37 Å². The van der Waals surface area contributed by atoms with Crippen molar-refractivity contribution in [3.8, 4) is 5.75 Å². The molecule has 0 spiro atoms. The molecule has 1 aromatic heterocycles. The molecule has 0 amide bonds. The highest BCUT2D eigenvalue weighted by atomic mass is 32.2. The molecule has 1 fully saturated rings. The number of benzene rings is 1. The number of aromatic nitrogens is 2. The van der Waals surface area contributed by atoms with E-state index in [0.717, 1.165) is 11.4 Å². The number of rotatable bonds is 5. The molecule has 0 unspecified atom stereocenters. The Morgan fingerprint density at radius 2 is 1.79 bits per heavy atom. The van der Waals surface area contributed by atoms with Crippen LogP contribution in [0, 0.1) is 6.92 Å². The quantitative estimate of drug-likeness (QED) is 0.789. The SMILES string of the molecule is COc1ccc(S(=O)(=O)N2CCN(Cc3nonc3C)CC2)cc1. The van der Waals surface area contributed by atoms with E-state index in [2.05, 4.69) is 15.2 Å². The van der Waals surface area contributed by atoms with Crippen LogP contribution >= 0.6 is 0 Å². The number of hydrogen-bond acceptors (Lipinski definition) is 7. The van der Waals surface area contributed by atoms with Gasteiger partial charge in [0.1, 0.15) is 17.1 Å². The van der Waals surface area contributed by atoms with Crippen LogP contribution in [0.2, 0.25) is 0 Å². The second-order valence-electron chi connectivity index (χ2n) is 5.65. The first-order valence-electron chi connectivity index (χ1n) is 7.65. The van der Waals surface area contributed by atoms with Crippen LogP contribution in [-0.2, 0) is 16.6 Å². The molecule has 0 N–H and O–H groups in total. The van der Waals surface area contributed by atoms with Crippen LogP contribution in [0.15, 0.2) is 33.8 Å². The highest BCUT2D eigenvalue weighted by Crippen LogP contribution is 2.21. The first-order chi connectivity index (χ1) is 11.5. The van der Waals surface area contributed by atoms with Crippen molar-refractivity contribution in [3.63, 3.8) is 0 Å². The summed E-state index contributed by atoms with van der Waals surface area (Å²) < 4.78 is 36.7. The van der Waals surface area contributed by atoms with Crippen LogP contribution in [-0.4, -0.2) is 61.2 Å². The molecule has 0 aliphatic carbocycles. The lowest BCUT2D eigenvalue weighted by atomic mass is 10.3. The Morgan fingerprint density at radius 3 is 2.33 bits per heavy atom. The lowest BCUT2D eigenvalue weighted by Gasteiger charge is -2.33. The fourth-order valence-electron chi connectivity index (χ4n) is 2.63. The van der Waals surface area contributed by atoms with Crippen molar-refractivity contribution in [1.29, 1.82) is 0 Å². The molecule has 1 aliphatic heterocycles. The number of aryl methyl sites for hydroxylation is 1. The average molecular weight is 352 g/mol. The Balaban J connectivity index is 1.63. The van der Waals surface area contributed by atoms with Crippen molar-refractivity contribution in [2.24, 2.45) is 0 Å². The summed E-state index contributed by atoms with van der Waals surface area (Å²) in [6.45, 7) is 4.63. The molecule has 8 nitrogen and oxygen atoms in total. The van der Waals surface area contributed by atoms with Gasteiger partial charge < -0.3 is 4.74 Å². The van der Waals surface area contributed by atoms with Gasteiger partial charge >= 0.3 is 0 Å². The highest BCUT2D eigenvalue weighted by Gasteiger charge is 2.29. The van der Waals surface area contributed by atoms with Gasteiger partial charge in [0.25, 0.3) is 0 Å². The Labute approximate surface area is 141 Å². The van der Waals surface area contributed by atoms with Crippen LogP contribution in [0.3, 0.4) is 0 Å². The van der Waals surface area contributed by atoms with Gasteiger partial charge in [0.05, 0.1) is 12.0 Å². The molecule has 2 aromatic rings. The maximum absolute atomic E-state index is 12.7. The van der Waals surface area contributed by atoms with Gasteiger partial charge in [-0.3, -0.25) is 4.90 Å². The topological polar surface area (TPSA) is 88.8 Å². The van der Waals surface area contributed by atoms with Crippen molar-refractivity contribution < 1.29 is 17.8 Å². The van der Waals surface area contributed by atoms with Gasteiger partial charge in [0, 0.05) is 32.7 Å². The molecule has 1 saturated heterocycles. The summed E-state index contributed by atoms with van der Waals surface area (Å²) in [7, 11) is -1.93. The van der Waals surface area contributed by atoms with Gasteiger partial charge in [-0.05, 0) is 31.2 Å². The standard InChI is InChI=1S/C15H20N4O4S/c1-12-15(17-23-16-12)11-18-7-9-19(10-8-18)24(20,21)14-5-3-13(22-2)4-6-14/h3-6H,7-11H2,1-2H3. The molecule has 1 aromatic carbocycles. The summed E-state index contributed by atoms with van der Waals surface area (Å²) in [6, 6.07) is 6.46. The van der Waals surface area contributed by atoms with Gasteiger partial charge in [-0.1, -0.05) is 10.3 Å². The Hall–Kier alpha value is -1.97. The fourth-order valence-corrected chi connectivity index (χ4v) is 4.05. The van der Waals surface area contributed by atoms with Crippen molar-refractivity contribution in [2.45, 2.75) is 18.4 Å². The van der Waals surface area contributed by atoms with Crippen molar-refractivity contribution in [2.75, 3.05) is 33.3 Å². The smallest absolute Gasteiger partial charge is 0.243 e. The van der Waals surface area contributed by atoms with E-state index in [1.807, 2.05) is 6.92 Å². The summed E-state index contributed by atoms with van der Waals surface area (Å²) in [4.78, 5) is 2.43. The van der Waals surface area contributed by atoms with Crippen LogP contribution < -0.4 is 4.74 Å². The third kappa shape index (κ3) is 3.42. The van der Waals surface area contributed by atoms with Crippen LogP contribution in [0.25, 0.3) is 0 Å². The summed E-state index contributed by atoms with van der Waals surface area (Å²) in [5, 5.41) is 7.63. The number of sulfonamides is 1. The van der Waals surface area contributed by atoms with Crippen LogP contribution in [0.4, 0.5) is 0 Å². The summed E-state index contributed by atoms with van der Waals surface area (Å²) >= 11 is 0. The third-order valence-corrected chi connectivity index (χ3v) is 6.06. The first-order valence-corrected chi connectivity index (χ1v) is 9.09. The second kappa shape index (κ2) is 6.88. The minimum atomic E-state index is -3.48. The third-order valence-electron chi connectivity index (χ3n) is 4.15. The summed E-state index contributed by atoms with van der Waals surface area (Å²) in [6.07, 6.45) is 0. The monoisotopic (exact) mass is 352 g/mol. The molecule has 0 radical (unpaired) electrons. The molecule has 24 heavy (non-hydrogen) atoms. The molecule has 0 saturated carbocycles. The molecule has 2 heterocycles. The van der Waals surface area contributed by atoms with E-state index in [9.17, 15) is 8.42 Å². The van der Waals surface area contributed by atoms with E-state index in [-0.39, 0.29) is 4.90 Å². The predicted molar refractivity (Wildman–Crippen MR) is 86.1 cm³/mol. The minimum Gasteiger partial charge on any atom is -0.497 e. The summed E-state index contributed by atoms with van der Waals surface area (Å²) in [5.74, 6) is 0.635. The lowest BCUT2D eigenvalue weighted by molar-refractivity contribution is 0.176. The Morgan fingerprint density at radius 1 is 1.12 bits per heavy atom. The molecule has 130 valence electrons. The number of piperazine rings is 1. The molecule has 1 aliphatic rings. The zero-order valence-corrected chi connectivity index (χ0v) is 14.5. The summed E-state index contributed by atoms with van der Waals surface area (Å²) in [5.41, 5.74) is 1.56. The lowest BCUT2D eigenvalue weighted by Crippen LogP contribution is -2.48. The van der Waals surface area contributed by atoms with Crippen molar-refractivity contribution >= 4 is 10.0 Å². The average Bonchev–Trinajstić information content (AvgIpc) is 3.00. The number of nitrogens with zero attached hydrogens (tertiary/aromatic N) is 4. The molecule has 0 atom stereocenters. The second-order valence-corrected chi connectivity index (χ2v) is 7.59. The molecular weight excluding hydrogens is 332 g/mol. The zero-order valence-electron chi connectivity index (χ0n) is 13.7. The number of hydrogen-bond donors (Lipinski definition) is 0. The maximum Gasteiger partial charge on any atom is 0.243 e. The maximum atomic E-state index is 12.7. The zero-order chi connectivity index (χ0) is 17.2. The Kier molecular flexibility index (Phi) is 4.83. The van der Waals surface area contributed by atoms with Gasteiger partial charge in [0.2, 0.25) is 10.0 Å². The van der Waals surface area contributed by atoms with E-state index in [0.29, 0.717) is 38.5 Å². The molecular formula is C15H20N4O4S. The minimum absolute atomic E-state index is 0.285. The van der Waals surface area contributed by atoms with Gasteiger partial charge in [0.15, 0.2) is 0 Å². The predicted octanol–water partition coefficient (Wildman–Crippen LogP) is 0.893. The highest BCUT2D eigenvalue weighted by molar-refractivity contribution is 7.89. The van der Waals surface area contributed by atoms with Crippen LogP contribution in [0.1, 0.15) is 11.4 Å². The number of methoxy groups -OCH3 is 1. The normalized spacial score (nSPS) is 17.1. The van der Waals surface area contributed by atoms with Crippen molar-refractivity contribution in [1.82, 2.24) is 19.5 Å². The Bertz CT molecular complexity index is 780. The van der Waals surface area contributed by atoms with Gasteiger partial charge in [-0.15, -0.1) is 0 Å². The van der Waals surface area contributed by atoms with Crippen molar-refractivity contribution in [3.05, 3.63) is 35.7 Å².